The van der Waals surface area contributed by atoms with E-state index >= 15 is 0 Å². The van der Waals surface area contributed by atoms with Crippen LogP contribution in [0.5, 0.6) is 0 Å². The Hall–Kier alpha value is -0.0500. The number of halogens is 1. The van der Waals surface area contributed by atoms with Gasteiger partial charge in [0, 0.05) is 30.7 Å². The van der Waals surface area contributed by atoms with Crippen molar-refractivity contribution in [3.05, 3.63) is 11.6 Å². The van der Waals surface area contributed by atoms with Gasteiger partial charge in [0.1, 0.15) is 0 Å². The zero-order valence-electron chi connectivity index (χ0n) is 9.88. The molecular formula is C12H23ClN2. The molecule has 0 aromatic carbocycles. The van der Waals surface area contributed by atoms with E-state index in [-0.39, 0.29) is 0 Å². The molecule has 0 bridgehead atoms. The lowest BCUT2D eigenvalue weighted by Gasteiger charge is -2.27. The van der Waals surface area contributed by atoms with E-state index in [9.17, 15) is 0 Å². The van der Waals surface area contributed by atoms with E-state index in [2.05, 4.69) is 24.1 Å². The Morgan fingerprint density at radius 1 is 1.53 bits per heavy atom. The molecule has 0 amide bonds. The molecule has 3 heteroatoms. The average molecular weight is 231 g/mol. The smallest absolute Gasteiger partial charge is 0.0195 e. The van der Waals surface area contributed by atoms with Crippen LogP contribution in [0.15, 0.2) is 11.6 Å². The van der Waals surface area contributed by atoms with Crippen molar-refractivity contribution in [2.75, 3.05) is 19.6 Å². The van der Waals surface area contributed by atoms with E-state index in [4.69, 9.17) is 11.6 Å². The maximum absolute atomic E-state index is 5.58. The van der Waals surface area contributed by atoms with Crippen LogP contribution in [0.3, 0.4) is 0 Å². The van der Waals surface area contributed by atoms with Gasteiger partial charge in [-0.3, -0.25) is 4.90 Å². The first-order chi connectivity index (χ1) is 7.27. The lowest BCUT2D eigenvalue weighted by Crippen LogP contribution is -2.40. The summed E-state index contributed by atoms with van der Waals surface area (Å²) in [4.78, 5) is 2.51. The second-order valence-electron chi connectivity index (χ2n) is 4.39. The molecular weight excluding hydrogens is 208 g/mol. The van der Waals surface area contributed by atoms with Gasteiger partial charge in [0.05, 0.1) is 0 Å². The van der Waals surface area contributed by atoms with Crippen LogP contribution in [0.4, 0.5) is 0 Å². The maximum Gasteiger partial charge on any atom is 0.0195 e. The van der Waals surface area contributed by atoms with Gasteiger partial charge in [-0.1, -0.05) is 31.0 Å². The second kappa shape index (κ2) is 7.26. The molecule has 2 atom stereocenters. The Balaban J connectivity index is 2.48. The summed E-state index contributed by atoms with van der Waals surface area (Å²) in [5.74, 6) is 0. The summed E-state index contributed by atoms with van der Waals surface area (Å²) in [6.45, 7) is 7.83. The molecule has 0 radical (unpaired) electrons. The highest BCUT2D eigenvalue weighted by Crippen LogP contribution is 2.11. The van der Waals surface area contributed by atoms with Crippen LogP contribution >= 0.6 is 11.6 Å². The van der Waals surface area contributed by atoms with Crippen molar-refractivity contribution < 1.29 is 0 Å². The quantitative estimate of drug-likeness (QED) is 0.799. The summed E-state index contributed by atoms with van der Waals surface area (Å²) in [7, 11) is 0. The number of nitrogens with zero attached hydrogens (tertiary/aromatic N) is 1. The SMILES string of the molecule is CCCC1CN(C/C=C/Cl)C(C)CCN1. The van der Waals surface area contributed by atoms with E-state index in [1.165, 1.54) is 19.3 Å². The third kappa shape index (κ3) is 4.54. The van der Waals surface area contributed by atoms with Crippen LogP contribution in [-0.2, 0) is 0 Å². The Bertz CT molecular complexity index is 194. The molecule has 1 aliphatic heterocycles. The van der Waals surface area contributed by atoms with Gasteiger partial charge in [-0.25, -0.2) is 0 Å². The fourth-order valence-corrected chi connectivity index (χ4v) is 2.26. The lowest BCUT2D eigenvalue weighted by atomic mass is 10.1. The van der Waals surface area contributed by atoms with Gasteiger partial charge < -0.3 is 5.32 Å². The Morgan fingerprint density at radius 2 is 2.33 bits per heavy atom. The summed E-state index contributed by atoms with van der Waals surface area (Å²) in [6.07, 6.45) is 5.79. The summed E-state index contributed by atoms with van der Waals surface area (Å²) < 4.78 is 0. The third-order valence-electron chi connectivity index (χ3n) is 3.14. The van der Waals surface area contributed by atoms with Crippen LogP contribution in [0.25, 0.3) is 0 Å². The van der Waals surface area contributed by atoms with Gasteiger partial charge in [0.15, 0.2) is 0 Å². The van der Waals surface area contributed by atoms with Crippen molar-refractivity contribution in [3.8, 4) is 0 Å². The van der Waals surface area contributed by atoms with Crippen LogP contribution in [0.2, 0.25) is 0 Å². The molecule has 0 aromatic heterocycles. The highest BCUT2D eigenvalue weighted by molar-refractivity contribution is 6.25. The predicted octanol–water partition coefficient (Wildman–Crippen LogP) is 2.59. The van der Waals surface area contributed by atoms with Gasteiger partial charge >= 0.3 is 0 Å². The molecule has 1 aliphatic rings. The van der Waals surface area contributed by atoms with Crippen molar-refractivity contribution in [1.29, 1.82) is 0 Å². The summed E-state index contributed by atoms with van der Waals surface area (Å²) in [6, 6.07) is 1.32. The fraction of sp³-hybridized carbons (Fsp3) is 0.833. The van der Waals surface area contributed by atoms with Gasteiger partial charge in [0.25, 0.3) is 0 Å². The molecule has 0 saturated carbocycles. The molecule has 0 aromatic rings. The molecule has 0 aliphatic carbocycles. The average Bonchev–Trinajstić information content (AvgIpc) is 2.39. The van der Waals surface area contributed by atoms with E-state index in [1.54, 1.807) is 5.54 Å². The van der Waals surface area contributed by atoms with E-state index in [0.29, 0.717) is 12.1 Å². The molecule has 1 fully saturated rings. The normalized spacial score (nSPS) is 29.5. The van der Waals surface area contributed by atoms with Crippen molar-refractivity contribution in [1.82, 2.24) is 10.2 Å². The second-order valence-corrected chi connectivity index (χ2v) is 4.64. The molecule has 88 valence electrons. The van der Waals surface area contributed by atoms with Crippen molar-refractivity contribution in [2.24, 2.45) is 0 Å². The maximum atomic E-state index is 5.58. The standard InChI is InChI=1S/C12H23ClN2/c1-3-5-12-10-15(9-4-7-13)11(2)6-8-14-12/h4,7,11-12,14H,3,5-6,8-10H2,1-2H3/b7-4+. The van der Waals surface area contributed by atoms with Crippen molar-refractivity contribution >= 4 is 11.6 Å². The Morgan fingerprint density at radius 3 is 3.00 bits per heavy atom. The number of nitrogens with one attached hydrogen (secondary N) is 1. The highest BCUT2D eigenvalue weighted by atomic mass is 35.5. The van der Waals surface area contributed by atoms with Crippen LogP contribution in [0, 0.1) is 0 Å². The van der Waals surface area contributed by atoms with Gasteiger partial charge in [-0.2, -0.15) is 0 Å². The van der Waals surface area contributed by atoms with Gasteiger partial charge in [-0.15, -0.1) is 0 Å². The molecule has 0 spiro atoms. The minimum absolute atomic E-state index is 0.656. The predicted molar refractivity (Wildman–Crippen MR) is 67.3 cm³/mol. The molecule has 2 unspecified atom stereocenters. The molecule has 1 heterocycles. The zero-order valence-corrected chi connectivity index (χ0v) is 10.6. The number of rotatable bonds is 4. The summed E-state index contributed by atoms with van der Waals surface area (Å²) in [5, 5.41) is 3.62. The minimum atomic E-state index is 0.656. The largest absolute Gasteiger partial charge is 0.313 e. The first-order valence-electron chi connectivity index (χ1n) is 6.00. The first kappa shape index (κ1) is 13.0. The van der Waals surface area contributed by atoms with Gasteiger partial charge in [-0.05, 0) is 26.3 Å². The first-order valence-corrected chi connectivity index (χ1v) is 6.44. The van der Waals surface area contributed by atoms with E-state index in [0.717, 1.165) is 19.6 Å². The monoisotopic (exact) mass is 230 g/mol. The number of hydrogen-bond donors (Lipinski definition) is 1. The molecule has 1 rings (SSSR count). The van der Waals surface area contributed by atoms with E-state index in [1.807, 2.05) is 6.08 Å². The molecule has 2 nitrogen and oxygen atoms in total. The Labute approximate surface area is 98.7 Å². The fourth-order valence-electron chi connectivity index (χ4n) is 2.18. The van der Waals surface area contributed by atoms with Gasteiger partial charge in [0.2, 0.25) is 0 Å². The lowest BCUT2D eigenvalue weighted by molar-refractivity contribution is 0.223. The minimum Gasteiger partial charge on any atom is -0.313 e. The summed E-state index contributed by atoms with van der Waals surface area (Å²) in [5.41, 5.74) is 1.62. The van der Waals surface area contributed by atoms with Crippen molar-refractivity contribution in [2.45, 2.75) is 45.2 Å². The molecule has 1 N–H and O–H groups in total. The topological polar surface area (TPSA) is 15.3 Å². The highest BCUT2D eigenvalue weighted by Gasteiger charge is 2.20. The Kier molecular flexibility index (Phi) is 6.30. The number of hydrogen-bond acceptors (Lipinski definition) is 2. The van der Waals surface area contributed by atoms with E-state index < -0.39 is 0 Å². The van der Waals surface area contributed by atoms with Crippen LogP contribution < -0.4 is 5.32 Å². The van der Waals surface area contributed by atoms with Crippen LogP contribution in [-0.4, -0.2) is 36.6 Å². The van der Waals surface area contributed by atoms with Crippen molar-refractivity contribution in [3.63, 3.8) is 0 Å². The molecule has 1 saturated heterocycles. The van der Waals surface area contributed by atoms with Crippen LogP contribution in [0.1, 0.15) is 33.1 Å². The summed E-state index contributed by atoms with van der Waals surface area (Å²) >= 11 is 5.58. The third-order valence-corrected chi connectivity index (χ3v) is 3.32. The zero-order chi connectivity index (χ0) is 11.1. The molecule has 15 heavy (non-hydrogen) atoms.